The number of carbonyl (C=O) groups is 1. The van der Waals surface area contributed by atoms with Gasteiger partial charge in [-0.15, -0.1) is 0 Å². The monoisotopic (exact) mass is 372 g/mol. The second kappa shape index (κ2) is 8.21. The summed E-state index contributed by atoms with van der Waals surface area (Å²) >= 11 is 6.00. The Kier molecular flexibility index (Phi) is 6.52. The summed E-state index contributed by atoms with van der Waals surface area (Å²) in [7, 11) is -3.62. The first kappa shape index (κ1) is 19.1. The molecule has 0 spiro atoms. The number of amides is 1. The number of nitrogens with one attached hydrogen (secondary N) is 1. The Balaban J connectivity index is 2.26. The molecule has 1 N–H and O–H groups in total. The SMILES string of the molecule is CCC(C(=O)NC1CCCCC1)N(c1cccc(Cl)c1)S(C)(=O)=O. The maximum atomic E-state index is 12.7. The van der Waals surface area contributed by atoms with E-state index in [4.69, 9.17) is 11.6 Å². The van der Waals surface area contributed by atoms with Crippen molar-refractivity contribution < 1.29 is 13.2 Å². The molecule has 134 valence electrons. The van der Waals surface area contributed by atoms with Crippen molar-refractivity contribution in [3.63, 3.8) is 0 Å². The molecule has 1 aromatic carbocycles. The Morgan fingerprint density at radius 1 is 1.33 bits per heavy atom. The highest BCUT2D eigenvalue weighted by Crippen LogP contribution is 2.26. The third kappa shape index (κ3) is 4.86. The summed E-state index contributed by atoms with van der Waals surface area (Å²) in [5.74, 6) is -0.241. The standard InChI is InChI=1S/C17H25ClN2O3S/c1-3-16(17(21)19-14-9-5-4-6-10-14)20(24(2,22)23)15-11-7-8-13(18)12-15/h7-8,11-12,14,16H,3-6,9-10H2,1-2H3,(H,19,21). The van der Waals surface area contributed by atoms with Crippen molar-refractivity contribution in [2.45, 2.75) is 57.5 Å². The number of halogens is 1. The van der Waals surface area contributed by atoms with E-state index in [1.165, 1.54) is 10.7 Å². The molecule has 1 aromatic rings. The minimum atomic E-state index is -3.62. The number of benzene rings is 1. The largest absolute Gasteiger partial charge is 0.352 e. The molecule has 0 heterocycles. The number of rotatable bonds is 6. The molecule has 1 aliphatic carbocycles. The molecule has 1 amide bonds. The fourth-order valence-electron chi connectivity index (χ4n) is 3.22. The third-order valence-electron chi connectivity index (χ3n) is 4.34. The molecule has 24 heavy (non-hydrogen) atoms. The van der Waals surface area contributed by atoms with Crippen LogP contribution in [0.4, 0.5) is 5.69 Å². The fraction of sp³-hybridized carbons (Fsp3) is 0.588. The molecule has 1 saturated carbocycles. The van der Waals surface area contributed by atoms with Crippen LogP contribution in [0.15, 0.2) is 24.3 Å². The van der Waals surface area contributed by atoms with Gasteiger partial charge in [-0.25, -0.2) is 8.42 Å². The molecular formula is C17H25ClN2O3S. The third-order valence-corrected chi connectivity index (χ3v) is 5.76. The lowest BCUT2D eigenvalue weighted by Crippen LogP contribution is -2.51. The van der Waals surface area contributed by atoms with Gasteiger partial charge in [0.25, 0.3) is 0 Å². The average Bonchev–Trinajstić information content (AvgIpc) is 2.52. The van der Waals surface area contributed by atoms with E-state index in [0.717, 1.165) is 31.9 Å². The highest BCUT2D eigenvalue weighted by Gasteiger charge is 2.32. The average molecular weight is 373 g/mol. The van der Waals surface area contributed by atoms with Gasteiger partial charge in [0.1, 0.15) is 6.04 Å². The number of hydrogen-bond acceptors (Lipinski definition) is 3. The van der Waals surface area contributed by atoms with Crippen LogP contribution in [0.1, 0.15) is 45.4 Å². The Morgan fingerprint density at radius 2 is 2.00 bits per heavy atom. The molecule has 1 fully saturated rings. The van der Waals surface area contributed by atoms with E-state index < -0.39 is 16.1 Å². The Hall–Kier alpha value is -1.27. The van der Waals surface area contributed by atoms with Crippen LogP contribution < -0.4 is 9.62 Å². The van der Waals surface area contributed by atoms with Gasteiger partial charge in [0.2, 0.25) is 15.9 Å². The second-order valence-electron chi connectivity index (χ2n) is 6.31. The Labute approximate surface area is 149 Å². The maximum Gasteiger partial charge on any atom is 0.244 e. The molecule has 0 saturated heterocycles. The van der Waals surface area contributed by atoms with Crippen molar-refractivity contribution in [1.82, 2.24) is 5.32 Å². The lowest BCUT2D eigenvalue weighted by atomic mass is 9.95. The molecule has 0 aromatic heterocycles. The molecule has 1 aliphatic rings. The summed E-state index contributed by atoms with van der Waals surface area (Å²) in [5.41, 5.74) is 0.413. The lowest BCUT2D eigenvalue weighted by Gasteiger charge is -2.32. The highest BCUT2D eigenvalue weighted by atomic mass is 35.5. The van der Waals surface area contributed by atoms with Crippen molar-refractivity contribution in [1.29, 1.82) is 0 Å². The number of sulfonamides is 1. The molecule has 5 nitrogen and oxygen atoms in total. The van der Waals surface area contributed by atoms with E-state index in [9.17, 15) is 13.2 Å². The molecule has 1 atom stereocenters. The quantitative estimate of drug-likeness (QED) is 0.832. The molecule has 7 heteroatoms. The normalized spacial score (nSPS) is 17.3. The molecule has 2 rings (SSSR count). The van der Waals surface area contributed by atoms with Crippen molar-refractivity contribution in [2.24, 2.45) is 0 Å². The van der Waals surface area contributed by atoms with Crippen LogP contribution in [0.5, 0.6) is 0 Å². The van der Waals surface area contributed by atoms with Gasteiger partial charge in [0.05, 0.1) is 11.9 Å². The number of carbonyl (C=O) groups excluding carboxylic acids is 1. The fourth-order valence-corrected chi connectivity index (χ4v) is 4.61. The van der Waals surface area contributed by atoms with Crippen LogP contribution in [0.2, 0.25) is 5.02 Å². The van der Waals surface area contributed by atoms with Crippen LogP contribution in [-0.2, 0) is 14.8 Å². The number of anilines is 1. The van der Waals surface area contributed by atoms with Crippen LogP contribution in [0, 0.1) is 0 Å². The van der Waals surface area contributed by atoms with E-state index in [1.54, 1.807) is 24.3 Å². The molecule has 0 aliphatic heterocycles. The van der Waals surface area contributed by atoms with E-state index in [-0.39, 0.29) is 11.9 Å². The molecule has 1 unspecified atom stereocenters. The van der Waals surface area contributed by atoms with Crippen LogP contribution >= 0.6 is 11.6 Å². The molecular weight excluding hydrogens is 348 g/mol. The van der Waals surface area contributed by atoms with Gasteiger partial charge in [0.15, 0.2) is 0 Å². The summed E-state index contributed by atoms with van der Waals surface area (Å²) in [6, 6.07) is 5.94. The molecule has 0 radical (unpaired) electrons. The summed E-state index contributed by atoms with van der Waals surface area (Å²) in [6.07, 6.45) is 6.82. The van der Waals surface area contributed by atoms with Gasteiger partial charge in [-0.2, -0.15) is 0 Å². The molecule has 0 bridgehead atoms. The zero-order chi connectivity index (χ0) is 17.7. The van der Waals surface area contributed by atoms with E-state index in [2.05, 4.69) is 5.32 Å². The summed E-state index contributed by atoms with van der Waals surface area (Å²) < 4.78 is 25.9. The summed E-state index contributed by atoms with van der Waals surface area (Å²) in [4.78, 5) is 12.7. The minimum Gasteiger partial charge on any atom is -0.352 e. The Morgan fingerprint density at radius 3 is 2.54 bits per heavy atom. The summed E-state index contributed by atoms with van der Waals surface area (Å²) in [6.45, 7) is 1.81. The smallest absolute Gasteiger partial charge is 0.244 e. The predicted octanol–water partition coefficient (Wildman–Crippen LogP) is 3.33. The van der Waals surface area contributed by atoms with Crippen molar-refractivity contribution >= 4 is 33.2 Å². The van der Waals surface area contributed by atoms with E-state index >= 15 is 0 Å². The van der Waals surface area contributed by atoms with Crippen LogP contribution in [0.3, 0.4) is 0 Å². The zero-order valence-corrected chi connectivity index (χ0v) is 15.7. The first-order valence-corrected chi connectivity index (χ1v) is 10.6. The predicted molar refractivity (Wildman–Crippen MR) is 97.9 cm³/mol. The topological polar surface area (TPSA) is 66.5 Å². The Bertz CT molecular complexity index is 672. The number of hydrogen-bond donors (Lipinski definition) is 1. The minimum absolute atomic E-state index is 0.140. The van der Waals surface area contributed by atoms with Gasteiger partial charge >= 0.3 is 0 Å². The lowest BCUT2D eigenvalue weighted by molar-refractivity contribution is -0.123. The van der Waals surface area contributed by atoms with Crippen molar-refractivity contribution in [3.8, 4) is 0 Å². The van der Waals surface area contributed by atoms with Crippen LogP contribution in [0.25, 0.3) is 0 Å². The van der Waals surface area contributed by atoms with Gasteiger partial charge in [-0.05, 0) is 37.5 Å². The number of nitrogens with zero attached hydrogens (tertiary/aromatic N) is 1. The zero-order valence-electron chi connectivity index (χ0n) is 14.2. The van der Waals surface area contributed by atoms with Gasteiger partial charge in [-0.3, -0.25) is 9.10 Å². The van der Waals surface area contributed by atoms with Gasteiger partial charge < -0.3 is 5.32 Å². The van der Waals surface area contributed by atoms with Gasteiger partial charge in [-0.1, -0.05) is 43.9 Å². The van der Waals surface area contributed by atoms with Crippen molar-refractivity contribution in [2.75, 3.05) is 10.6 Å². The maximum absolute atomic E-state index is 12.7. The first-order valence-electron chi connectivity index (χ1n) is 8.38. The summed E-state index contributed by atoms with van der Waals surface area (Å²) in [5, 5.41) is 3.46. The van der Waals surface area contributed by atoms with E-state index in [0.29, 0.717) is 17.1 Å². The van der Waals surface area contributed by atoms with Crippen LogP contribution in [-0.4, -0.2) is 32.7 Å². The first-order chi connectivity index (χ1) is 11.3. The van der Waals surface area contributed by atoms with Gasteiger partial charge in [0, 0.05) is 11.1 Å². The second-order valence-corrected chi connectivity index (χ2v) is 8.60. The highest BCUT2D eigenvalue weighted by molar-refractivity contribution is 7.92. The van der Waals surface area contributed by atoms with Crippen molar-refractivity contribution in [3.05, 3.63) is 29.3 Å². The van der Waals surface area contributed by atoms with E-state index in [1.807, 2.05) is 6.92 Å².